The van der Waals surface area contributed by atoms with Gasteiger partial charge in [-0.25, -0.2) is 0 Å². The van der Waals surface area contributed by atoms with Crippen LogP contribution in [-0.4, -0.2) is 16.4 Å². The van der Waals surface area contributed by atoms with Crippen LogP contribution in [0, 0.1) is 6.92 Å². The number of hydrogen-bond donors (Lipinski definition) is 1. The predicted octanol–water partition coefficient (Wildman–Crippen LogP) is 4.14. The van der Waals surface area contributed by atoms with E-state index in [1.807, 2.05) is 49.4 Å². The lowest BCUT2D eigenvalue weighted by atomic mass is 10.00. The molecule has 0 spiro atoms. The molecule has 0 bridgehead atoms. The van der Waals surface area contributed by atoms with Gasteiger partial charge in [0.2, 0.25) is 0 Å². The van der Waals surface area contributed by atoms with Crippen molar-refractivity contribution in [3.05, 3.63) is 65.2 Å². The number of para-hydroxylation sites is 1. The molecule has 22 heavy (non-hydrogen) atoms. The Morgan fingerprint density at radius 3 is 2.41 bits per heavy atom. The van der Waals surface area contributed by atoms with Crippen LogP contribution in [0.1, 0.15) is 28.4 Å². The number of Topliss-reactive ketones (excluding diaryl/α,β-unsaturated/α-hetero) is 2. The fourth-order valence-corrected chi connectivity index (χ4v) is 2.44. The van der Waals surface area contributed by atoms with Crippen molar-refractivity contribution < 1.29 is 9.59 Å². The maximum absolute atomic E-state index is 12.4. The molecule has 0 fully saturated rings. The van der Waals surface area contributed by atoms with Gasteiger partial charge in [0.25, 0.3) is 0 Å². The first-order valence-electron chi connectivity index (χ1n) is 7.07. The first-order valence-corrected chi connectivity index (χ1v) is 7.98. The third-order valence-electron chi connectivity index (χ3n) is 3.48. The summed E-state index contributed by atoms with van der Waals surface area (Å²) in [4.78, 5) is 23.0. The summed E-state index contributed by atoms with van der Waals surface area (Å²) >= 11 is 3.17. The number of carbonyl (C=O) groups excluding carboxylic acids is 2. The molecule has 1 unspecified atom stereocenters. The number of benzene rings is 2. The molecule has 2 aromatic carbocycles. The van der Waals surface area contributed by atoms with Crippen molar-refractivity contribution in [3.8, 4) is 0 Å². The normalized spacial score (nSPS) is 11.8. The summed E-state index contributed by atoms with van der Waals surface area (Å²) < 4.78 is 0. The van der Waals surface area contributed by atoms with Crippen LogP contribution in [0.4, 0.5) is 5.69 Å². The molecule has 0 radical (unpaired) electrons. The first kappa shape index (κ1) is 16.4. The van der Waals surface area contributed by atoms with Gasteiger partial charge >= 0.3 is 0 Å². The Morgan fingerprint density at radius 2 is 1.73 bits per heavy atom. The highest BCUT2D eigenvalue weighted by Gasteiger charge is 2.23. The van der Waals surface area contributed by atoms with E-state index >= 15 is 0 Å². The molecule has 0 aliphatic rings. The van der Waals surface area contributed by atoms with Crippen molar-refractivity contribution in [2.45, 2.75) is 25.2 Å². The summed E-state index contributed by atoms with van der Waals surface area (Å²) in [5, 5.41) is 3.34. The van der Waals surface area contributed by atoms with E-state index in [-0.39, 0.29) is 11.6 Å². The van der Waals surface area contributed by atoms with E-state index in [0.29, 0.717) is 12.1 Å². The van der Waals surface area contributed by atoms with Crippen LogP contribution < -0.4 is 5.32 Å². The van der Waals surface area contributed by atoms with Crippen LogP contribution in [0.25, 0.3) is 0 Å². The van der Waals surface area contributed by atoms with Crippen LogP contribution in [0.5, 0.6) is 0 Å². The van der Waals surface area contributed by atoms with Crippen molar-refractivity contribution >= 4 is 33.2 Å². The second-order valence-electron chi connectivity index (χ2n) is 5.16. The lowest BCUT2D eigenvalue weighted by molar-refractivity contribution is -0.115. The van der Waals surface area contributed by atoms with E-state index in [9.17, 15) is 9.59 Å². The van der Waals surface area contributed by atoms with Crippen molar-refractivity contribution in [2.24, 2.45) is 0 Å². The zero-order chi connectivity index (χ0) is 16.1. The van der Waals surface area contributed by atoms with E-state index in [0.717, 1.165) is 16.8 Å². The SMILES string of the molecule is CC(=O)C(Br)C(=O)c1ccccc1CNc1ccccc1C. The summed E-state index contributed by atoms with van der Waals surface area (Å²) in [5.41, 5.74) is 3.63. The maximum Gasteiger partial charge on any atom is 0.184 e. The maximum atomic E-state index is 12.4. The summed E-state index contributed by atoms with van der Waals surface area (Å²) in [6.45, 7) is 3.97. The van der Waals surface area contributed by atoms with E-state index in [2.05, 4.69) is 21.2 Å². The Bertz CT molecular complexity index is 697. The number of carbonyl (C=O) groups is 2. The average Bonchev–Trinajstić information content (AvgIpc) is 2.53. The minimum atomic E-state index is -0.785. The molecule has 3 nitrogen and oxygen atoms in total. The molecule has 0 saturated heterocycles. The topological polar surface area (TPSA) is 46.2 Å². The van der Waals surface area contributed by atoms with E-state index in [1.165, 1.54) is 6.92 Å². The summed E-state index contributed by atoms with van der Waals surface area (Å²) in [6.07, 6.45) is 0. The van der Waals surface area contributed by atoms with Crippen molar-refractivity contribution in [3.63, 3.8) is 0 Å². The minimum absolute atomic E-state index is 0.188. The van der Waals surface area contributed by atoms with Gasteiger partial charge in [-0.05, 0) is 31.0 Å². The monoisotopic (exact) mass is 359 g/mol. The number of nitrogens with one attached hydrogen (secondary N) is 1. The van der Waals surface area contributed by atoms with Gasteiger partial charge in [0.15, 0.2) is 11.6 Å². The Balaban J connectivity index is 2.20. The molecule has 0 saturated carbocycles. The number of anilines is 1. The molecule has 0 aliphatic carbocycles. The smallest absolute Gasteiger partial charge is 0.184 e. The molecule has 1 atom stereocenters. The number of aryl methyl sites for hydroxylation is 1. The first-order chi connectivity index (χ1) is 10.5. The molecular weight excluding hydrogens is 342 g/mol. The van der Waals surface area contributed by atoms with Crippen LogP contribution in [0.15, 0.2) is 48.5 Å². The van der Waals surface area contributed by atoms with Gasteiger partial charge in [0.1, 0.15) is 4.83 Å². The molecular formula is C18H18BrNO2. The second-order valence-corrected chi connectivity index (χ2v) is 6.08. The lowest BCUT2D eigenvalue weighted by Gasteiger charge is -2.13. The van der Waals surface area contributed by atoms with Crippen molar-refractivity contribution in [1.29, 1.82) is 0 Å². The highest BCUT2D eigenvalue weighted by Crippen LogP contribution is 2.19. The Kier molecular flexibility index (Phi) is 5.50. The third-order valence-corrected chi connectivity index (χ3v) is 4.54. The number of halogens is 1. The molecule has 2 aromatic rings. The molecule has 0 amide bonds. The van der Waals surface area contributed by atoms with E-state index in [4.69, 9.17) is 0 Å². The van der Waals surface area contributed by atoms with E-state index < -0.39 is 4.83 Å². The van der Waals surface area contributed by atoms with Crippen molar-refractivity contribution in [1.82, 2.24) is 0 Å². The Labute approximate surface area is 138 Å². The number of rotatable bonds is 6. The largest absolute Gasteiger partial charge is 0.381 e. The quantitative estimate of drug-likeness (QED) is 0.478. The van der Waals surface area contributed by atoms with Crippen LogP contribution >= 0.6 is 15.9 Å². The number of hydrogen-bond acceptors (Lipinski definition) is 3. The summed E-state index contributed by atoms with van der Waals surface area (Å²) in [7, 11) is 0. The van der Waals surface area contributed by atoms with Gasteiger partial charge in [-0.1, -0.05) is 58.4 Å². The van der Waals surface area contributed by atoms with Gasteiger partial charge < -0.3 is 5.32 Å². The Morgan fingerprint density at radius 1 is 1.09 bits per heavy atom. The van der Waals surface area contributed by atoms with Gasteiger partial charge in [0, 0.05) is 17.8 Å². The van der Waals surface area contributed by atoms with Crippen LogP contribution in [-0.2, 0) is 11.3 Å². The fraction of sp³-hybridized carbons (Fsp3) is 0.222. The standard InChI is InChI=1S/C18H18BrNO2/c1-12-7-3-6-10-16(12)20-11-14-8-4-5-9-15(14)18(22)17(19)13(2)21/h3-10,17,20H,11H2,1-2H3. The molecule has 2 rings (SSSR count). The third kappa shape index (κ3) is 3.83. The van der Waals surface area contributed by atoms with Crippen LogP contribution in [0.2, 0.25) is 0 Å². The number of alkyl halides is 1. The predicted molar refractivity (Wildman–Crippen MR) is 92.7 cm³/mol. The van der Waals surface area contributed by atoms with Gasteiger partial charge in [0.05, 0.1) is 0 Å². The zero-order valence-electron chi connectivity index (χ0n) is 12.6. The second kappa shape index (κ2) is 7.36. The average molecular weight is 360 g/mol. The highest BCUT2D eigenvalue weighted by molar-refractivity contribution is 9.10. The van der Waals surface area contributed by atoms with Crippen LogP contribution in [0.3, 0.4) is 0 Å². The zero-order valence-corrected chi connectivity index (χ0v) is 14.2. The molecule has 0 aliphatic heterocycles. The molecule has 0 heterocycles. The summed E-state index contributed by atoms with van der Waals surface area (Å²) in [6, 6.07) is 15.4. The molecule has 1 N–H and O–H groups in total. The molecule has 114 valence electrons. The lowest BCUT2D eigenvalue weighted by Crippen LogP contribution is -2.23. The fourth-order valence-electron chi connectivity index (χ4n) is 2.20. The molecule has 0 aromatic heterocycles. The number of ketones is 2. The van der Waals surface area contributed by atoms with E-state index in [1.54, 1.807) is 6.07 Å². The summed E-state index contributed by atoms with van der Waals surface area (Å²) in [5.74, 6) is -0.388. The van der Waals surface area contributed by atoms with Gasteiger partial charge in [-0.3, -0.25) is 9.59 Å². The highest BCUT2D eigenvalue weighted by atomic mass is 79.9. The van der Waals surface area contributed by atoms with Gasteiger partial charge in [-0.2, -0.15) is 0 Å². The van der Waals surface area contributed by atoms with Gasteiger partial charge in [-0.15, -0.1) is 0 Å². The molecule has 4 heteroatoms. The Hall–Kier alpha value is -1.94. The van der Waals surface area contributed by atoms with Crippen molar-refractivity contribution in [2.75, 3.05) is 5.32 Å². The minimum Gasteiger partial charge on any atom is -0.381 e.